The van der Waals surface area contributed by atoms with Crippen molar-refractivity contribution in [2.45, 2.75) is 45.1 Å². The minimum absolute atomic E-state index is 0.0726. The maximum absolute atomic E-state index is 9.06. The van der Waals surface area contributed by atoms with E-state index in [1.165, 1.54) is 0 Å². The summed E-state index contributed by atoms with van der Waals surface area (Å²) >= 11 is 0. The molecule has 0 aromatic carbocycles. The summed E-state index contributed by atoms with van der Waals surface area (Å²) in [6.07, 6.45) is 5.03. The van der Waals surface area contributed by atoms with Gasteiger partial charge in [-0.15, -0.1) is 0 Å². The van der Waals surface area contributed by atoms with Crippen LogP contribution in [0.5, 0.6) is 0 Å². The van der Waals surface area contributed by atoms with Gasteiger partial charge in [0.15, 0.2) is 0 Å². The zero-order chi connectivity index (χ0) is 7.11. The molecule has 0 rings (SSSR count). The van der Waals surface area contributed by atoms with Gasteiger partial charge in [0.2, 0.25) is 0 Å². The average molecular weight is 129 g/mol. The highest BCUT2D eigenvalue weighted by Gasteiger charge is 1.97. The highest BCUT2D eigenvalue weighted by Crippen LogP contribution is 2.04. The summed E-state index contributed by atoms with van der Waals surface area (Å²) < 4.78 is 0. The largest absolute Gasteiger partial charge is 0.393 e. The first-order valence-corrected chi connectivity index (χ1v) is 3.78. The molecule has 1 unspecified atom stereocenters. The Morgan fingerprint density at radius 3 is 2.56 bits per heavy atom. The molecule has 0 fully saturated rings. The Balaban J connectivity index is 2.88. The first-order chi connectivity index (χ1) is 4.31. The van der Waals surface area contributed by atoms with E-state index in [9.17, 15) is 0 Å². The monoisotopic (exact) mass is 129 g/mol. The van der Waals surface area contributed by atoms with Crippen LogP contribution in [0.15, 0.2) is 0 Å². The van der Waals surface area contributed by atoms with Gasteiger partial charge in [0.25, 0.3) is 0 Å². The lowest BCUT2D eigenvalue weighted by atomic mass is 10.1. The van der Waals surface area contributed by atoms with Crippen molar-refractivity contribution >= 4 is 0 Å². The van der Waals surface area contributed by atoms with Crippen molar-refractivity contribution in [3.05, 3.63) is 6.92 Å². The fraction of sp³-hybridized carbons (Fsp3) is 0.875. The molecule has 0 amide bonds. The minimum Gasteiger partial charge on any atom is -0.393 e. The molecule has 0 aliphatic heterocycles. The molecular formula is C8H17O. The standard InChI is InChI=1S/C8H17O/c1-3-5-6-7-8(9)4-2/h8-9H,1,3-7H2,2H3. The summed E-state index contributed by atoms with van der Waals surface area (Å²) in [5, 5.41) is 9.06. The summed E-state index contributed by atoms with van der Waals surface area (Å²) in [5.41, 5.74) is 0. The molecule has 55 valence electrons. The Bertz CT molecular complexity index is 52.5. The van der Waals surface area contributed by atoms with Crippen LogP contribution in [-0.2, 0) is 0 Å². The second-order valence-electron chi connectivity index (χ2n) is 2.41. The normalized spacial score (nSPS) is 13.7. The Morgan fingerprint density at radius 1 is 1.44 bits per heavy atom. The number of unbranched alkanes of at least 4 members (excludes halogenated alkanes) is 2. The van der Waals surface area contributed by atoms with E-state index in [-0.39, 0.29) is 6.10 Å². The Morgan fingerprint density at radius 2 is 2.11 bits per heavy atom. The number of aliphatic hydroxyl groups is 1. The summed E-state index contributed by atoms with van der Waals surface area (Å²) in [6, 6.07) is 0. The van der Waals surface area contributed by atoms with E-state index < -0.39 is 0 Å². The van der Waals surface area contributed by atoms with Crippen LogP contribution in [0.1, 0.15) is 39.0 Å². The molecule has 1 atom stereocenters. The third kappa shape index (κ3) is 5.84. The lowest BCUT2D eigenvalue weighted by Gasteiger charge is -2.04. The highest BCUT2D eigenvalue weighted by molar-refractivity contribution is 4.52. The average Bonchev–Trinajstić information content (AvgIpc) is 1.89. The van der Waals surface area contributed by atoms with Crippen molar-refractivity contribution in [1.82, 2.24) is 0 Å². The number of aliphatic hydroxyl groups excluding tert-OH is 1. The molecule has 0 aromatic heterocycles. The van der Waals surface area contributed by atoms with Gasteiger partial charge in [0.05, 0.1) is 6.10 Å². The molecule has 0 bridgehead atoms. The van der Waals surface area contributed by atoms with Crippen LogP contribution >= 0.6 is 0 Å². The molecule has 0 spiro atoms. The minimum atomic E-state index is -0.0726. The summed E-state index contributed by atoms with van der Waals surface area (Å²) in [7, 11) is 0. The predicted molar refractivity (Wildman–Crippen MR) is 40.1 cm³/mol. The van der Waals surface area contributed by atoms with Gasteiger partial charge >= 0.3 is 0 Å². The van der Waals surface area contributed by atoms with E-state index in [0.29, 0.717) is 0 Å². The second kappa shape index (κ2) is 6.09. The van der Waals surface area contributed by atoms with Gasteiger partial charge in [-0.3, -0.25) is 0 Å². The van der Waals surface area contributed by atoms with Crippen molar-refractivity contribution in [1.29, 1.82) is 0 Å². The maximum Gasteiger partial charge on any atom is 0.0537 e. The second-order valence-corrected chi connectivity index (χ2v) is 2.41. The lowest BCUT2D eigenvalue weighted by molar-refractivity contribution is 0.157. The van der Waals surface area contributed by atoms with Gasteiger partial charge in [0.1, 0.15) is 0 Å². The molecule has 0 aliphatic rings. The van der Waals surface area contributed by atoms with Gasteiger partial charge in [-0.2, -0.15) is 0 Å². The van der Waals surface area contributed by atoms with Crippen LogP contribution in [-0.4, -0.2) is 11.2 Å². The van der Waals surface area contributed by atoms with Crippen molar-refractivity contribution in [3.63, 3.8) is 0 Å². The van der Waals surface area contributed by atoms with E-state index in [1.807, 2.05) is 6.92 Å². The summed E-state index contributed by atoms with van der Waals surface area (Å²) in [5.74, 6) is 0. The molecule has 1 nitrogen and oxygen atoms in total. The first-order valence-electron chi connectivity index (χ1n) is 3.78. The van der Waals surface area contributed by atoms with Gasteiger partial charge in [-0.25, -0.2) is 0 Å². The molecule has 0 heterocycles. The fourth-order valence-corrected chi connectivity index (χ4v) is 0.761. The van der Waals surface area contributed by atoms with Gasteiger partial charge in [-0.05, 0) is 12.8 Å². The molecule has 9 heavy (non-hydrogen) atoms. The molecule has 1 heteroatoms. The smallest absolute Gasteiger partial charge is 0.0537 e. The van der Waals surface area contributed by atoms with Crippen LogP contribution in [0.25, 0.3) is 0 Å². The van der Waals surface area contributed by atoms with Crippen molar-refractivity contribution in [3.8, 4) is 0 Å². The number of rotatable bonds is 5. The van der Waals surface area contributed by atoms with E-state index in [2.05, 4.69) is 6.92 Å². The molecule has 0 saturated carbocycles. The fourth-order valence-electron chi connectivity index (χ4n) is 0.761. The van der Waals surface area contributed by atoms with Crippen LogP contribution in [0.3, 0.4) is 0 Å². The number of hydrogen-bond donors (Lipinski definition) is 1. The molecule has 1 N–H and O–H groups in total. The topological polar surface area (TPSA) is 20.2 Å². The van der Waals surface area contributed by atoms with Gasteiger partial charge < -0.3 is 5.11 Å². The summed E-state index contributed by atoms with van der Waals surface area (Å²) in [6.45, 7) is 5.74. The zero-order valence-electron chi connectivity index (χ0n) is 6.27. The molecule has 1 radical (unpaired) electrons. The lowest BCUT2D eigenvalue weighted by Crippen LogP contribution is -2.02. The van der Waals surface area contributed by atoms with E-state index in [4.69, 9.17) is 5.11 Å². The van der Waals surface area contributed by atoms with E-state index in [1.54, 1.807) is 0 Å². The van der Waals surface area contributed by atoms with Crippen LogP contribution in [0.4, 0.5) is 0 Å². The molecule has 0 saturated heterocycles. The maximum atomic E-state index is 9.06. The predicted octanol–water partition coefficient (Wildman–Crippen LogP) is 2.15. The third-order valence-electron chi connectivity index (χ3n) is 1.51. The Kier molecular flexibility index (Phi) is 6.06. The quantitative estimate of drug-likeness (QED) is 0.564. The van der Waals surface area contributed by atoms with E-state index >= 15 is 0 Å². The van der Waals surface area contributed by atoms with Crippen LogP contribution in [0.2, 0.25) is 0 Å². The van der Waals surface area contributed by atoms with E-state index in [0.717, 1.165) is 32.1 Å². The van der Waals surface area contributed by atoms with Gasteiger partial charge in [-0.1, -0.05) is 33.1 Å². The number of hydrogen-bond acceptors (Lipinski definition) is 1. The molecule has 0 aliphatic carbocycles. The van der Waals surface area contributed by atoms with Crippen molar-refractivity contribution < 1.29 is 5.11 Å². The molecular weight excluding hydrogens is 112 g/mol. The summed E-state index contributed by atoms with van der Waals surface area (Å²) in [4.78, 5) is 0. The van der Waals surface area contributed by atoms with Crippen LogP contribution in [0, 0.1) is 6.92 Å². The SMILES string of the molecule is [CH2]CCCCC(O)CC. The first kappa shape index (κ1) is 8.96. The zero-order valence-corrected chi connectivity index (χ0v) is 6.27. The molecule has 0 aromatic rings. The van der Waals surface area contributed by atoms with Crippen molar-refractivity contribution in [2.24, 2.45) is 0 Å². The third-order valence-corrected chi connectivity index (χ3v) is 1.51. The van der Waals surface area contributed by atoms with Gasteiger partial charge in [0, 0.05) is 0 Å². The highest BCUT2D eigenvalue weighted by atomic mass is 16.3. The Hall–Kier alpha value is -0.0400. The Labute approximate surface area is 58.1 Å². The van der Waals surface area contributed by atoms with Crippen molar-refractivity contribution in [2.75, 3.05) is 0 Å². The van der Waals surface area contributed by atoms with Crippen LogP contribution < -0.4 is 0 Å².